The van der Waals surface area contributed by atoms with Crippen LogP contribution in [0.2, 0.25) is 0 Å². The summed E-state index contributed by atoms with van der Waals surface area (Å²) in [5, 5.41) is 0. The quantitative estimate of drug-likeness (QED) is 0.512. The van der Waals surface area contributed by atoms with Gasteiger partial charge in [-0.05, 0) is 32.4 Å². The van der Waals surface area contributed by atoms with Crippen molar-refractivity contribution in [3.8, 4) is 0 Å². The Hall–Kier alpha value is -0.930. The van der Waals surface area contributed by atoms with Crippen molar-refractivity contribution in [3.05, 3.63) is 29.1 Å². The normalized spacial score (nSPS) is 13.0. The first kappa shape index (κ1) is 9.16. The van der Waals surface area contributed by atoms with Crippen molar-refractivity contribution < 1.29 is 0 Å². The Balaban J connectivity index is 3.01. The van der Waals surface area contributed by atoms with Crippen molar-refractivity contribution in [2.75, 3.05) is 0 Å². The van der Waals surface area contributed by atoms with Crippen LogP contribution >= 0.6 is 0 Å². The Kier molecular flexibility index (Phi) is 2.78. The summed E-state index contributed by atoms with van der Waals surface area (Å²) in [6, 6.07) is 4.22. The average molecular weight is 165 g/mol. The van der Waals surface area contributed by atoms with Crippen LogP contribution in [0.5, 0.6) is 0 Å². The molecule has 1 unspecified atom stereocenters. The van der Waals surface area contributed by atoms with Gasteiger partial charge >= 0.3 is 0 Å². The fourth-order valence-corrected chi connectivity index (χ4v) is 1.24. The van der Waals surface area contributed by atoms with E-state index in [1.54, 1.807) is 0 Å². The summed E-state index contributed by atoms with van der Waals surface area (Å²) in [4.78, 5) is 4.35. The van der Waals surface area contributed by atoms with Crippen LogP contribution in [-0.4, -0.2) is 4.98 Å². The van der Waals surface area contributed by atoms with E-state index in [1.165, 1.54) is 0 Å². The average Bonchev–Trinajstić information content (AvgIpc) is 2.03. The minimum Gasteiger partial charge on any atom is -0.271 e. The molecule has 0 amide bonds. The number of nitrogens with two attached hydrogens (primary N) is 1. The lowest BCUT2D eigenvalue weighted by molar-refractivity contribution is 0.596. The zero-order valence-corrected chi connectivity index (χ0v) is 7.76. The molecular formula is C9H15N3. The molecule has 0 aliphatic rings. The number of pyridine rings is 1. The van der Waals surface area contributed by atoms with Crippen LogP contribution in [-0.2, 0) is 0 Å². The van der Waals surface area contributed by atoms with Crippen LogP contribution in [0.4, 0.5) is 0 Å². The van der Waals surface area contributed by atoms with Gasteiger partial charge in [0.05, 0.1) is 0 Å². The van der Waals surface area contributed by atoms with Crippen LogP contribution < -0.4 is 11.3 Å². The molecule has 0 aliphatic heterocycles. The molecule has 0 aliphatic carbocycles. The molecule has 1 aromatic rings. The van der Waals surface area contributed by atoms with Crippen LogP contribution in [0.25, 0.3) is 0 Å². The first-order valence-corrected chi connectivity index (χ1v) is 4.05. The molecule has 3 N–H and O–H groups in total. The van der Waals surface area contributed by atoms with E-state index in [0.717, 1.165) is 17.0 Å². The largest absolute Gasteiger partial charge is 0.271 e. The van der Waals surface area contributed by atoms with Crippen LogP contribution in [0.15, 0.2) is 12.1 Å². The van der Waals surface area contributed by atoms with E-state index in [2.05, 4.69) is 16.5 Å². The highest BCUT2D eigenvalue weighted by Crippen LogP contribution is 2.14. The molecule has 3 heteroatoms. The summed E-state index contributed by atoms with van der Waals surface area (Å²) in [5.41, 5.74) is 5.94. The molecule has 0 spiro atoms. The summed E-state index contributed by atoms with van der Waals surface area (Å²) >= 11 is 0. The maximum Gasteiger partial charge on any atom is 0.0449 e. The van der Waals surface area contributed by atoms with Gasteiger partial charge < -0.3 is 0 Å². The predicted molar refractivity (Wildman–Crippen MR) is 49.4 cm³/mol. The highest BCUT2D eigenvalue weighted by molar-refractivity contribution is 5.24. The second-order valence-electron chi connectivity index (χ2n) is 3.02. The van der Waals surface area contributed by atoms with E-state index in [9.17, 15) is 0 Å². The fraction of sp³-hybridized carbons (Fsp3) is 0.444. The number of hydrogen-bond acceptors (Lipinski definition) is 3. The zero-order chi connectivity index (χ0) is 9.14. The topological polar surface area (TPSA) is 50.9 Å². The summed E-state index contributed by atoms with van der Waals surface area (Å²) < 4.78 is 0. The number of nitrogens with zero attached hydrogens (tertiary/aromatic N) is 1. The summed E-state index contributed by atoms with van der Waals surface area (Å²) in [7, 11) is 0. The van der Waals surface area contributed by atoms with Gasteiger partial charge in [-0.15, -0.1) is 0 Å². The molecule has 0 aromatic carbocycles. The minimum absolute atomic E-state index is 0.165. The predicted octanol–water partition coefficient (Wildman–Crippen LogP) is 1.22. The molecular weight excluding hydrogens is 150 g/mol. The Labute approximate surface area is 73.0 Å². The lowest BCUT2D eigenvalue weighted by Crippen LogP contribution is -2.26. The number of hydrogen-bond donors (Lipinski definition) is 2. The van der Waals surface area contributed by atoms with Gasteiger partial charge in [-0.25, -0.2) is 0 Å². The second kappa shape index (κ2) is 3.65. The molecule has 1 atom stereocenters. The molecule has 66 valence electrons. The maximum atomic E-state index is 5.33. The molecule has 1 aromatic heterocycles. The second-order valence-corrected chi connectivity index (χ2v) is 3.02. The first-order valence-electron chi connectivity index (χ1n) is 4.05. The third-order valence-corrected chi connectivity index (χ3v) is 1.98. The summed E-state index contributed by atoms with van der Waals surface area (Å²) in [6.07, 6.45) is 0. The summed E-state index contributed by atoms with van der Waals surface area (Å²) in [6.45, 7) is 5.99. The van der Waals surface area contributed by atoms with Gasteiger partial charge in [0.2, 0.25) is 0 Å². The Morgan fingerprint density at radius 1 is 1.42 bits per heavy atom. The number of rotatable bonds is 2. The van der Waals surface area contributed by atoms with Gasteiger partial charge in [0, 0.05) is 17.4 Å². The minimum atomic E-state index is 0.165. The number of nitrogens with one attached hydrogen (secondary N) is 1. The van der Waals surface area contributed by atoms with Gasteiger partial charge in [-0.2, -0.15) is 0 Å². The third-order valence-electron chi connectivity index (χ3n) is 1.98. The molecule has 0 saturated heterocycles. The van der Waals surface area contributed by atoms with Gasteiger partial charge in [0.15, 0.2) is 0 Å². The molecule has 1 heterocycles. The van der Waals surface area contributed by atoms with Crippen molar-refractivity contribution in [3.63, 3.8) is 0 Å². The van der Waals surface area contributed by atoms with E-state index in [1.807, 2.05) is 26.8 Å². The van der Waals surface area contributed by atoms with Gasteiger partial charge in [0.25, 0.3) is 0 Å². The van der Waals surface area contributed by atoms with Gasteiger partial charge in [-0.3, -0.25) is 16.3 Å². The Morgan fingerprint density at radius 2 is 2.08 bits per heavy atom. The third kappa shape index (κ3) is 1.81. The summed E-state index contributed by atoms with van der Waals surface area (Å²) in [5.74, 6) is 5.33. The van der Waals surface area contributed by atoms with Crippen molar-refractivity contribution in [2.45, 2.75) is 26.8 Å². The highest BCUT2D eigenvalue weighted by Gasteiger charge is 2.06. The SMILES string of the molecule is Cc1ccc(C(C)NN)c(C)n1. The Morgan fingerprint density at radius 3 is 2.58 bits per heavy atom. The molecule has 3 nitrogen and oxygen atoms in total. The maximum absolute atomic E-state index is 5.33. The molecule has 0 radical (unpaired) electrons. The molecule has 0 saturated carbocycles. The number of aryl methyl sites for hydroxylation is 2. The zero-order valence-electron chi connectivity index (χ0n) is 7.76. The van der Waals surface area contributed by atoms with Crippen molar-refractivity contribution in [1.29, 1.82) is 0 Å². The van der Waals surface area contributed by atoms with Gasteiger partial charge in [-0.1, -0.05) is 6.07 Å². The van der Waals surface area contributed by atoms with E-state index in [-0.39, 0.29) is 6.04 Å². The lowest BCUT2D eigenvalue weighted by atomic mass is 10.1. The van der Waals surface area contributed by atoms with E-state index in [4.69, 9.17) is 5.84 Å². The van der Waals surface area contributed by atoms with Crippen molar-refractivity contribution in [1.82, 2.24) is 10.4 Å². The number of aromatic nitrogens is 1. The van der Waals surface area contributed by atoms with Crippen LogP contribution in [0.3, 0.4) is 0 Å². The van der Waals surface area contributed by atoms with Crippen molar-refractivity contribution in [2.24, 2.45) is 5.84 Å². The number of hydrazine groups is 1. The smallest absolute Gasteiger partial charge is 0.0449 e. The molecule has 12 heavy (non-hydrogen) atoms. The molecule has 0 bridgehead atoms. The highest BCUT2D eigenvalue weighted by atomic mass is 15.2. The Bertz CT molecular complexity index is 270. The standard InChI is InChI=1S/C9H15N3/c1-6-4-5-9(7(2)11-6)8(3)12-10/h4-5,8,12H,10H2,1-3H3. The van der Waals surface area contributed by atoms with Crippen LogP contribution in [0.1, 0.15) is 29.9 Å². The van der Waals surface area contributed by atoms with E-state index >= 15 is 0 Å². The van der Waals surface area contributed by atoms with Crippen LogP contribution in [0, 0.1) is 13.8 Å². The van der Waals surface area contributed by atoms with Crippen molar-refractivity contribution >= 4 is 0 Å². The molecule has 0 fully saturated rings. The van der Waals surface area contributed by atoms with E-state index in [0.29, 0.717) is 0 Å². The lowest BCUT2D eigenvalue weighted by Gasteiger charge is -2.12. The first-order chi connectivity index (χ1) is 5.65. The monoisotopic (exact) mass is 165 g/mol. The molecule has 1 rings (SSSR count). The van der Waals surface area contributed by atoms with E-state index < -0.39 is 0 Å². The fourth-order valence-electron chi connectivity index (χ4n) is 1.24. The van der Waals surface area contributed by atoms with Gasteiger partial charge in [0.1, 0.15) is 0 Å².